The van der Waals surface area contributed by atoms with Crippen molar-refractivity contribution < 1.29 is 24.5 Å². The number of carboxylic acid groups (broad SMARTS) is 1. The summed E-state index contributed by atoms with van der Waals surface area (Å²) in [6.07, 6.45) is 1.23. The molecule has 0 amide bonds. The first-order chi connectivity index (χ1) is 8.73. The van der Waals surface area contributed by atoms with Gasteiger partial charge in [-0.2, -0.15) is 0 Å². The second-order valence-corrected chi connectivity index (χ2v) is 4.02. The van der Waals surface area contributed by atoms with Crippen molar-refractivity contribution >= 4 is 11.8 Å². The lowest BCUT2D eigenvalue weighted by atomic mass is 9.87. The van der Waals surface area contributed by atoms with Gasteiger partial charge in [0.15, 0.2) is 0 Å². The topological polar surface area (TPSA) is 141 Å². The number of hydrogen-bond acceptors (Lipinski definition) is 6. The van der Waals surface area contributed by atoms with Crippen LogP contribution in [0.5, 0.6) is 0 Å². The molecule has 0 aromatic carbocycles. The van der Waals surface area contributed by atoms with E-state index < -0.39 is 51.2 Å². The molecule has 0 aromatic heterocycles. The predicted octanol–water partition coefficient (Wildman–Crippen LogP) is 0.617. The van der Waals surface area contributed by atoms with Gasteiger partial charge in [-0.3, -0.25) is 29.8 Å². The molecule has 0 atom stereocenters. The molecule has 0 aliphatic heterocycles. The Morgan fingerprint density at radius 3 is 1.89 bits per heavy atom. The van der Waals surface area contributed by atoms with Crippen LogP contribution in [-0.4, -0.2) is 26.7 Å². The van der Waals surface area contributed by atoms with Crippen LogP contribution in [0, 0.1) is 32.1 Å². The Balaban J connectivity index is 3.30. The Morgan fingerprint density at radius 1 is 1.21 bits per heavy atom. The summed E-state index contributed by atoms with van der Waals surface area (Å²) in [5.74, 6) is -4.65. The number of nitro groups is 2. The molecule has 9 nitrogen and oxygen atoms in total. The lowest BCUT2D eigenvalue weighted by Gasteiger charge is -2.16. The Bertz CT molecular complexity index is 488. The van der Waals surface area contributed by atoms with Crippen molar-refractivity contribution in [3.05, 3.63) is 43.8 Å². The number of hydrogen-bond donors (Lipinski definition) is 1. The number of carbonyl (C=O) groups is 2. The number of rotatable bonds is 5. The van der Waals surface area contributed by atoms with E-state index in [0.717, 1.165) is 19.1 Å². The van der Waals surface area contributed by atoms with E-state index in [2.05, 4.69) is 0 Å². The average molecular weight is 270 g/mol. The van der Waals surface area contributed by atoms with Crippen molar-refractivity contribution in [2.75, 3.05) is 0 Å². The number of Topliss-reactive ketones (excluding diaryl/α,β-unsaturated/α-hetero) is 1. The van der Waals surface area contributed by atoms with E-state index in [1.807, 2.05) is 0 Å². The minimum Gasteiger partial charge on any atom is -0.481 e. The first-order valence-corrected chi connectivity index (χ1v) is 5.18. The molecule has 0 saturated heterocycles. The quantitative estimate of drug-likeness (QED) is 0.569. The molecule has 1 aliphatic rings. The van der Waals surface area contributed by atoms with Crippen molar-refractivity contribution in [2.24, 2.45) is 11.8 Å². The molecule has 102 valence electrons. The summed E-state index contributed by atoms with van der Waals surface area (Å²) < 4.78 is 0. The molecule has 19 heavy (non-hydrogen) atoms. The molecule has 0 saturated carbocycles. The van der Waals surface area contributed by atoms with Gasteiger partial charge in [0.25, 0.3) is 11.4 Å². The van der Waals surface area contributed by atoms with Gasteiger partial charge in [-0.1, -0.05) is 0 Å². The van der Waals surface area contributed by atoms with Gasteiger partial charge in [0, 0.05) is 18.6 Å². The van der Waals surface area contributed by atoms with Gasteiger partial charge in [0.2, 0.25) is 0 Å². The molecule has 1 aliphatic carbocycles. The maximum atomic E-state index is 11.0. The van der Waals surface area contributed by atoms with Crippen LogP contribution in [0.25, 0.3) is 0 Å². The molecule has 0 fully saturated rings. The second-order valence-electron chi connectivity index (χ2n) is 4.02. The summed E-state index contributed by atoms with van der Waals surface area (Å²) in [6.45, 7) is 1.15. The van der Waals surface area contributed by atoms with Crippen LogP contribution in [0.2, 0.25) is 0 Å². The minimum absolute atomic E-state index is 0.411. The fraction of sp³-hybridized carbons (Fsp3) is 0.400. The zero-order valence-electron chi connectivity index (χ0n) is 9.81. The molecule has 0 heterocycles. The molecule has 0 unspecified atom stereocenters. The number of nitrogens with zero attached hydrogens (tertiary/aromatic N) is 2. The molecular formula is C10H10N2O7. The number of ketones is 1. The van der Waals surface area contributed by atoms with Crippen LogP contribution in [0.3, 0.4) is 0 Å². The zero-order valence-corrected chi connectivity index (χ0v) is 9.81. The summed E-state index contributed by atoms with van der Waals surface area (Å²) in [4.78, 5) is 41.8. The van der Waals surface area contributed by atoms with Crippen LogP contribution in [0.15, 0.2) is 23.5 Å². The van der Waals surface area contributed by atoms with Crippen LogP contribution >= 0.6 is 0 Å². The normalized spacial score (nSPS) is 22.2. The average Bonchev–Trinajstić information content (AvgIpc) is 2.27. The fourth-order valence-electron chi connectivity index (χ4n) is 1.82. The molecule has 0 aromatic rings. The maximum Gasteiger partial charge on any atom is 0.314 e. The van der Waals surface area contributed by atoms with Crippen LogP contribution in [0.1, 0.15) is 13.3 Å². The van der Waals surface area contributed by atoms with Gasteiger partial charge in [-0.25, -0.2) is 0 Å². The molecular weight excluding hydrogens is 260 g/mol. The van der Waals surface area contributed by atoms with E-state index in [-0.39, 0.29) is 0 Å². The zero-order chi connectivity index (χ0) is 14.7. The van der Waals surface area contributed by atoms with Crippen LogP contribution in [-0.2, 0) is 9.59 Å². The third kappa shape index (κ3) is 3.21. The lowest BCUT2D eigenvalue weighted by Crippen LogP contribution is -2.27. The van der Waals surface area contributed by atoms with Gasteiger partial charge < -0.3 is 5.11 Å². The number of aliphatic carboxylic acids is 1. The number of carbonyl (C=O) groups excluding carboxylic acids is 1. The van der Waals surface area contributed by atoms with Crippen molar-refractivity contribution in [1.82, 2.24) is 0 Å². The Kier molecular flexibility index (Phi) is 4.10. The molecule has 1 N–H and O–H groups in total. The van der Waals surface area contributed by atoms with E-state index in [1.165, 1.54) is 0 Å². The van der Waals surface area contributed by atoms with E-state index in [4.69, 9.17) is 5.11 Å². The smallest absolute Gasteiger partial charge is 0.314 e. The summed E-state index contributed by atoms with van der Waals surface area (Å²) in [7, 11) is 0. The summed E-state index contributed by atoms with van der Waals surface area (Å²) >= 11 is 0. The van der Waals surface area contributed by atoms with E-state index in [1.54, 1.807) is 0 Å². The largest absolute Gasteiger partial charge is 0.481 e. The van der Waals surface area contributed by atoms with Crippen molar-refractivity contribution in [3.63, 3.8) is 0 Å². The third-order valence-corrected chi connectivity index (χ3v) is 2.61. The highest BCUT2D eigenvalue weighted by Gasteiger charge is 2.42. The van der Waals surface area contributed by atoms with Gasteiger partial charge >= 0.3 is 5.97 Å². The maximum absolute atomic E-state index is 11.0. The summed E-state index contributed by atoms with van der Waals surface area (Å²) in [6, 6.07) is 0. The minimum atomic E-state index is -1.44. The Labute approximate surface area is 106 Å². The van der Waals surface area contributed by atoms with Gasteiger partial charge in [-0.15, -0.1) is 0 Å². The second kappa shape index (κ2) is 5.38. The fourth-order valence-corrected chi connectivity index (χ4v) is 1.82. The summed E-state index contributed by atoms with van der Waals surface area (Å²) in [5, 5.41) is 30.5. The van der Waals surface area contributed by atoms with Crippen molar-refractivity contribution in [3.8, 4) is 0 Å². The highest BCUT2D eigenvalue weighted by atomic mass is 16.6. The van der Waals surface area contributed by atoms with Crippen LogP contribution in [0.4, 0.5) is 0 Å². The monoisotopic (exact) mass is 270 g/mol. The van der Waals surface area contributed by atoms with Crippen LogP contribution < -0.4 is 0 Å². The van der Waals surface area contributed by atoms with Crippen molar-refractivity contribution in [1.29, 1.82) is 0 Å². The first-order valence-electron chi connectivity index (χ1n) is 5.18. The molecule has 0 spiro atoms. The van der Waals surface area contributed by atoms with Gasteiger partial charge in [-0.05, 0) is 6.92 Å². The van der Waals surface area contributed by atoms with E-state index >= 15 is 0 Å². The Hall–Kier alpha value is -2.58. The molecule has 0 bridgehead atoms. The Morgan fingerprint density at radius 2 is 1.63 bits per heavy atom. The number of carboxylic acids is 1. The highest BCUT2D eigenvalue weighted by molar-refractivity contribution is 5.78. The lowest BCUT2D eigenvalue weighted by molar-refractivity contribution is -0.461. The van der Waals surface area contributed by atoms with E-state index in [0.29, 0.717) is 0 Å². The molecule has 1 rings (SSSR count). The molecule has 0 radical (unpaired) electrons. The third-order valence-electron chi connectivity index (χ3n) is 2.61. The SMILES string of the molecule is CC(=O)CC1C([N+](=O)[O-])=CC(C(=O)O)C=C1[N+](=O)[O-]. The standard InChI is InChI=1S/C10H10N2O7/c1-5(13)2-7-8(11(16)17)3-6(10(14)15)4-9(7)12(18)19/h3-4,6-7H,2H2,1H3,(H,14,15). The van der Waals surface area contributed by atoms with Gasteiger partial charge in [0.05, 0.1) is 9.85 Å². The predicted molar refractivity (Wildman–Crippen MR) is 60.1 cm³/mol. The molecule has 9 heteroatoms. The first kappa shape index (κ1) is 14.5. The van der Waals surface area contributed by atoms with E-state index in [9.17, 15) is 29.8 Å². The highest BCUT2D eigenvalue weighted by Crippen LogP contribution is 2.32. The van der Waals surface area contributed by atoms with Crippen molar-refractivity contribution in [2.45, 2.75) is 13.3 Å². The summed E-state index contributed by atoms with van der Waals surface area (Å²) in [5.41, 5.74) is -1.26. The van der Waals surface area contributed by atoms with Gasteiger partial charge in [0.1, 0.15) is 17.6 Å².